The third-order valence-electron chi connectivity index (χ3n) is 1.89. The average molecular weight is 241 g/mol. The number of ether oxygens (including phenoxy) is 1. The van der Waals surface area contributed by atoms with E-state index in [0.29, 0.717) is 11.5 Å². The van der Waals surface area contributed by atoms with E-state index in [-0.39, 0.29) is 6.54 Å². The van der Waals surface area contributed by atoms with Gasteiger partial charge in [0.25, 0.3) is 0 Å². The van der Waals surface area contributed by atoms with Gasteiger partial charge in [0.2, 0.25) is 0 Å². The summed E-state index contributed by atoms with van der Waals surface area (Å²) in [6.45, 7) is 7.43. The van der Waals surface area contributed by atoms with Gasteiger partial charge in [0.1, 0.15) is 17.1 Å². The van der Waals surface area contributed by atoms with Gasteiger partial charge in [-0.25, -0.2) is 4.79 Å². The van der Waals surface area contributed by atoms with Crippen molar-refractivity contribution in [2.75, 3.05) is 6.54 Å². The lowest BCUT2D eigenvalue weighted by Crippen LogP contribution is -2.36. The van der Waals surface area contributed by atoms with Crippen LogP contribution in [0.1, 0.15) is 38.3 Å². The first-order valence-electron chi connectivity index (χ1n) is 5.43. The van der Waals surface area contributed by atoms with Crippen molar-refractivity contribution >= 4 is 6.09 Å². The summed E-state index contributed by atoms with van der Waals surface area (Å²) in [5.41, 5.74) is 5.92. The van der Waals surface area contributed by atoms with Gasteiger partial charge < -0.3 is 20.3 Å². The van der Waals surface area contributed by atoms with Crippen LogP contribution in [0.15, 0.2) is 10.6 Å². The standard InChI is InChI=1S/C11H19N3O3/c1-7-5-9(14-17-7)8(12)6-13-10(15)16-11(2,3)4/h5,8H,6,12H2,1-4H3,(H,13,15). The first-order chi connectivity index (χ1) is 7.78. The molecule has 0 aliphatic heterocycles. The Morgan fingerprint density at radius 3 is 2.76 bits per heavy atom. The average Bonchev–Trinajstić information content (AvgIpc) is 2.58. The number of nitrogens with one attached hydrogen (secondary N) is 1. The number of hydrogen-bond acceptors (Lipinski definition) is 5. The number of aromatic nitrogens is 1. The number of aryl methyl sites for hydroxylation is 1. The fraction of sp³-hybridized carbons (Fsp3) is 0.636. The number of alkyl carbamates (subject to hydrolysis) is 1. The smallest absolute Gasteiger partial charge is 0.407 e. The van der Waals surface area contributed by atoms with Crippen LogP contribution >= 0.6 is 0 Å². The maximum Gasteiger partial charge on any atom is 0.407 e. The summed E-state index contributed by atoms with van der Waals surface area (Å²) in [6, 6.07) is 1.33. The minimum absolute atomic E-state index is 0.251. The number of amides is 1. The molecule has 3 N–H and O–H groups in total. The van der Waals surface area contributed by atoms with Gasteiger partial charge in [-0.1, -0.05) is 5.16 Å². The molecule has 6 nitrogen and oxygen atoms in total. The lowest BCUT2D eigenvalue weighted by molar-refractivity contribution is 0.0524. The molecule has 0 spiro atoms. The molecule has 6 heteroatoms. The van der Waals surface area contributed by atoms with Gasteiger partial charge >= 0.3 is 6.09 Å². The molecule has 1 atom stereocenters. The molecular weight excluding hydrogens is 222 g/mol. The summed E-state index contributed by atoms with van der Waals surface area (Å²) in [4.78, 5) is 11.4. The molecule has 0 saturated carbocycles. The third-order valence-corrected chi connectivity index (χ3v) is 1.89. The quantitative estimate of drug-likeness (QED) is 0.837. The Balaban J connectivity index is 2.38. The minimum Gasteiger partial charge on any atom is -0.444 e. The van der Waals surface area contributed by atoms with E-state index < -0.39 is 17.7 Å². The Morgan fingerprint density at radius 2 is 2.29 bits per heavy atom. The van der Waals surface area contributed by atoms with Gasteiger partial charge in [0.05, 0.1) is 6.04 Å². The van der Waals surface area contributed by atoms with Crippen LogP contribution in [0.5, 0.6) is 0 Å². The second-order valence-corrected chi connectivity index (χ2v) is 4.85. The highest BCUT2D eigenvalue weighted by Gasteiger charge is 2.17. The van der Waals surface area contributed by atoms with Crippen LogP contribution in [-0.2, 0) is 4.74 Å². The van der Waals surface area contributed by atoms with E-state index in [2.05, 4.69) is 10.5 Å². The molecule has 0 bridgehead atoms. The van der Waals surface area contributed by atoms with Gasteiger partial charge in [-0.2, -0.15) is 0 Å². The molecule has 17 heavy (non-hydrogen) atoms. The summed E-state index contributed by atoms with van der Waals surface area (Å²) in [6.07, 6.45) is -0.492. The topological polar surface area (TPSA) is 90.4 Å². The molecule has 1 unspecified atom stereocenters. The first-order valence-corrected chi connectivity index (χ1v) is 5.43. The maximum absolute atomic E-state index is 11.4. The van der Waals surface area contributed by atoms with Gasteiger partial charge in [-0.15, -0.1) is 0 Å². The summed E-state index contributed by atoms with van der Waals surface area (Å²) in [5, 5.41) is 6.35. The van der Waals surface area contributed by atoms with E-state index >= 15 is 0 Å². The molecule has 1 rings (SSSR count). The maximum atomic E-state index is 11.4. The van der Waals surface area contributed by atoms with Gasteiger partial charge in [-0.05, 0) is 27.7 Å². The normalized spacial score (nSPS) is 13.2. The fourth-order valence-electron chi connectivity index (χ4n) is 1.17. The number of rotatable bonds is 3. The van der Waals surface area contributed by atoms with Crippen molar-refractivity contribution in [2.24, 2.45) is 5.73 Å². The predicted octanol–water partition coefficient (Wildman–Crippen LogP) is 1.51. The van der Waals surface area contributed by atoms with E-state index in [0.717, 1.165) is 0 Å². The van der Waals surface area contributed by atoms with Crippen molar-refractivity contribution < 1.29 is 14.1 Å². The minimum atomic E-state index is -0.515. The van der Waals surface area contributed by atoms with Crippen molar-refractivity contribution in [3.05, 3.63) is 17.5 Å². The Hall–Kier alpha value is -1.56. The Morgan fingerprint density at radius 1 is 1.65 bits per heavy atom. The second-order valence-electron chi connectivity index (χ2n) is 4.85. The SMILES string of the molecule is Cc1cc(C(N)CNC(=O)OC(C)(C)C)no1. The summed E-state index contributed by atoms with van der Waals surface area (Å²) in [7, 11) is 0. The number of nitrogens with two attached hydrogens (primary N) is 1. The lowest BCUT2D eigenvalue weighted by Gasteiger charge is -2.20. The molecule has 0 radical (unpaired) electrons. The van der Waals surface area contributed by atoms with E-state index in [1.165, 1.54) is 0 Å². The zero-order chi connectivity index (χ0) is 13.1. The number of carbonyl (C=O) groups is 1. The van der Waals surface area contributed by atoms with E-state index in [1.807, 2.05) is 0 Å². The Bertz CT molecular complexity index is 382. The summed E-state index contributed by atoms with van der Waals surface area (Å²) < 4.78 is 9.98. The van der Waals surface area contributed by atoms with Gasteiger partial charge in [0.15, 0.2) is 0 Å². The molecule has 1 aromatic heterocycles. The molecule has 1 amide bonds. The molecule has 0 aliphatic carbocycles. The highest BCUT2D eigenvalue weighted by molar-refractivity contribution is 5.67. The molecule has 96 valence electrons. The molecule has 0 saturated heterocycles. The van der Waals surface area contributed by atoms with Crippen LogP contribution in [-0.4, -0.2) is 23.4 Å². The van der Waals surface area contributed by atoms with Crippen LogP contribution in [0.2, 0.25) is 0 Å². The lowest BCUT2D eigenvalue weighted by atomic mass is 10.2. The molecule has 1 aromatic rings. The Kier molecular flexibility index (Phi) is 4.11. The van der Waals surface area contributed by atoms with Crippen LogP contribution in [0.25, 0.3) is 0 Å². The molecule has 1 heterocycles. The van der Waals surface area contributed by atoms with Crippen LogP contribution in [0.4, 0.5) is 4.79 Å². The Labute approximate surface area is 100 Å². The van der Waals surface area contributed by atoms with Crippen molar-refractivity contribution in [2.45, 2.75) is 39.3 Å². The van der Waals surface area contributed by atoms with Crippen LogP contribution < -0.4 is 11.1 Å². The van der Waals surface area contributed by atoms with Crippen LogP contribution in [0.3, 0.4) is 0 Å². The monoisotopic (exact) mass is 241 g/mol. The molecular formula is C11H19N3O3. The molecule has 0 fully saturated rings. The van der Waals surface area contributed by atoms with E-state index in [9.17, 15) is 4.79 Å². The van der Waals surface area contributed by atoms with Crippen LogP contribution in [0, 0.1) is 6.92 Å². The number of hydrogen-bond donors (Lipinski definition) is 2. The first kappa shape index (κ1) is 13.5. The number of nitrogens with zero attached hydrogens (tertiary/aromatic N) is 1. The highest BCUT2D eigenvalue weighted by Crippen LogP contribution is 2.10. The zero-order valence-electron chi connectivity index (χ0n) is 10.6. The van der Waals surface area contributed by atoms with Crippen molar-refractivity contribution in [3.8, 4) is 0 Å². The highest BCUT2D eigenvalue weighted by atomic mass is 16.6. The third kappa shape index (κ3) is 4.86. The summed E-state index contributed by atoms with van der Waals surface area (Å²) >= 11 is 0. The van der Waals surface area contributed by atoms with Crippen molar-refractivity contribution in [1.29, 1.82) is 0 Å². The van der Waals surface area contributed by atoms with Crippen molar-refractivity contribution in [1.82, 2.24) is 10.5 Å². The molecule has 0 aromatic carbocycles. The van der Waals surface area contributed by atoms with E-state index in [4.69, 9.17) is 15.0 Å². The van der Waals surface area contributed by atoms with E-state index in [1.54, 1.807) is 33.8 Å². The largest absolute Gasteiger partial charge is 0.444 e. The number of carbonyl (C=O) groups excluding carboxylic acids is 1. The second kappa shape index (κ2) is 5.18. The summed E-state index contributed by atoms with van der Waals surface area (Å²) in [5.74, 6) is 0.688. The van der Waals surface area contributed by atoms with Crippen molar-refractivity contribution in [3.63, 3.8) is 0 Å². The predicted molar refractivity (Wildman–Crippen MR) is 62.4 cm³/mol. The van der Waals surface area contributed by atoms with Gasteiger partial charge in [-0.3, -0.25) is 0 Å². The zero-order valence-corrected chi connectivity index (χ0v) is 10.6. The molecule has 0 aliphatic rings. The fourth-order valence-corrected chi connectivity index (χ4v) is 1.17. The van der Waals surface area contributed by atoms with Gasteiger partial charge in [0, 0.05) is 12.6 Å².